The third kappa shape index (κ3) is 2.60. The molecular weight excluding hydrogens is 317 g/mol. The third-order valence-corrected chi connectivity index (χ3v) is 7.76. The Kier molecular flexibility index (Phi) is 4.22. The molecule has 0 aromatic carbocycles. The molecule has 0 spiro atoms. The summed E-state index contributed by atoms with van der Waals surface area (Å²) in [6.07, 6.45) is 4.46. The van der Waals surface area contributed by atoms with Crippen molar-refractivity contribution in [3.05, 3.63) is 36.3 Å². The number of sulfone groups is 1. The zero-order chi connectivity index (χ0) is 17.6. The molecule has 2 unspecified atom stereocenters. The van der Waals surface area contributed by atoms with E-state index in [9.17, 15) is 12.8 Å². The number of amidine groups is 1. The summed E-state index contributed by atoms with van der Waals surface area (Å²) in [5, 5.41) is 0. The number of hydrogen-bond donors (Lipinski definition) is 2. The van der Waals surface area contributed by atoms with Crippen LogP contribution in [0.4, 0.5) is 4.39 Å². The monoisotopic (exact) mass is 341 g/mol. The molecule has 128 valence electrons. The molecule has 0 bridgehead atoms. The lowest BCUT2D eigenvalue weighted by molar-refractivity contribution is 0.251. The van der Waals surface area contributed by atoms with Gasteiger partial charge < -0.3 is 11.5 Å². The average molecular weight is 341 g/mol. The number of halogens is 1. The number of allylic oxidation sites excluding steroid dienone is 4. The number of nitrogens with two attached hydrogens (primary N) is 2. The van der Waals surface area contributed by atoms with E-state index in [0.717, 1.165) is 0 Å². The van der Waals surface area contributed by atoms with Gasteiger partial charge in [-0.25, -0.2) is 12.8 Å². The minimum atomic E-state index is -3.64. The van der Waals surface area contributed by atoms with E-state index in [-0.39, 0.29) is 23.9 Å². The van der Waals surface area contributed by atoms with Gasteiger partial charge in [-0.1, -0.05) is 13.0 Å². The quantitative estimate of drug-likeness (QED) is 0.765. The van der Waals surface area contributed by atoms with Crippen LogP contribution >= 0.6 is 0 Å². The van der Waals surface area contributed by atoms with Gasteiger partial charge in [-0.2, -0.15) is 0 Å². The third-order valence-electron chi connectivity index (χ3n) is 5.05. The number of nitrogens with zero attached hydrogens (tertiary/aromatic N) is 1. The van der Waals surface area contributed by atoms with Crippen LogP contribution < -0.4 is 11.5 Å². The molecule has 0 amide bonds. The molecule has 1 aliphatic carbocycles. The smallest absolute Gasteiger partial charge is 0.165 e. The lowest BCUT2D eigenvalue weighted by Crippen LogP contribution is -2.60. The largest absolute Gasteiger partial charge is 0.402 e. The fraction of sp³-hybridized carbons (Fsp3) is 0.562. The molecule has 23 heavy (non-hydrogen) atoms. The molecule has 1 aliphatic heterocycles. The van der Waals surface area contributed by atoms with Crippen LogP contribution in [0, 0.1) is 11.8 Å². The van der Waals surface area contributed by atoms with Crippen molar-refractivity contribution in [3.8, 4) is 0 Å². The first kappa shape index (κ1) is 17.7. The molecule has 0 aromatic rings. The first-order chi connectivity index (χ1) is 10.5. The van der Waals surface area contributed by atoms with Gasteiger partial charge >= 0.3 is 0 Å². The highest BCUT2D eigenvalue weighted by molar-refractivity contribution is 7.93. The molecule has 2 rings (SSSR count). The summed E-state index contributed by atoms with van der Waals surface area (Å²) in [5.74, 6) is -1.82. The normalized spacial score (nSPS) is 39.9. The van der Waals surface area contributed by atoms with E-state index in [4.69, 9.17) is 11.5 Å². The van der Waals surface area contributed by atoms with Gasteiger partial charge in [0, 0.05) is 17.5 Å². The van der Waals surface area contributed by atoms with Crippen LogP contribution in [0.15, 0.2) is 41.3 Å². The minimum Gasteiger partial charge on any atom is -0.402 e. The van der Waals surface area contributed by atoms with Crippen LogP contribution in [0.1, 0.15) is 27.2 Å². The van der Waals surface area contributed by atoms with E-state index in [1.165, 1.54) is 25.2 Å². The highest BCUT2D eigenvalue weighted by atomic mass is 32.2. The Bertz CT molecular complexity index is 726. The molecule has 0 saturated heterocycles. The van der Waals surface area contributed by atoms with Gasteiger partial charge in [-0.3, -0.25) is 4.99 Å². The van der Waals surface area contributed by atoms with Gasteiger partial charge in [0.2, 0.25) is 0 Å². The summed E-state index contributed by atoms with van der Waals surface area (Å²) in [5.41, 5.74) is 11.2. The van der Waals surface area contributed by atoms with Crippen LogP contribution in [0.5, 0.6) is 0 Å². The summed E-state index contributed by atoms with van der Waals surface area (Å²) in [6.45, 7) is 8.52. The summed E-state index contributed by atoms with van der Waals surface area (Å²) < 4.78 is 38.9. The molecule has 1 heterocycles. The highest BCUT2D eigenvalue weighted by Gasteiger charge is 2.54. The van der Waals surface area contributed by atoms with Crippen LogP contribution in [0.3, 0.4) is 0 Å². The molecule has 7 heteroatoms. The first-order valence-corrected chi connectivity index (χ1v) is 9.15. The lowest BCUT2D eigenvalue weighted by Gasteiger charge is -2.44. The second-order valence-corrected chi connectivity index (χ2v) is 9.24. The van der Waals surface area contributed by atoms with Crippen LogP contribution in [0.2, 0.25) is 0 Å². The average Bonchev–Trinajstić information content (AvgIpc) is 2.41. The van der Waals surface area contributed by atoms with Crippen molar-refractivity contribution in [3.63, 3.8) is 0 Å². The fourth-order valence-corrected chi connectivity index (χ4v) is 5.56. The molecular formula is C16H24FN3O2S. The standard InChI is InChI=1S/C16H24FN3O2S/c1-5-8-16(4)14(19)20-15(3,9-23(16,21)22)13-10(2)12(18)7-6-11(13)17/h5-7,10,13H,1,8-9,18H2,2-4H3,(H2,19,20)/t10?,13?,15-,16-/m0/s1. The highest BCUT2D eigenvalue weighted by Crippen LogP contribution is 2.44. The topological polar surface area (TPSA) is 98.5 Å². The Hall–Kier alpha value is -1.63. The van der Waals surface area contributed by atoms with Crippen LogP contribution in [0.25, 0.3) is 0 Å². The molecule has 4 N–H and O–H groups in total. The summed E-state index contributed by atoms with van der Waals surface area (Å²) in [7, 11) is -3.64. The van der Waals surface area contributed by atoms with Gasteiger partial charge in [-0.05, 0) is 32.4 Å². The van der Waals surface area contributed by atoms with E-state index >= 15 is 0 Å². The summed E-state index contributed by atoms with van der Waals surface area (Å²) in [6, 6.07) is 0. The second kappa shape index (κ2) is 5.47. The Morgan fingerprint density at radius 1 is 1.43 bits per heavy atom. The SMILES string of the molecule is C=CC[C@@]1(C)C(N)=N[C@](C)(C2C(F)=CC=C(N)C2C)CS1(=O)=O. The van der Waals surface area contributed by atoms with Gasteiger partial charge in [-0.15, -0.1) is 6.58 Å². The Labute approximate surface area is 136 Å². The van der Waals surface area contributed by atoms with Crippen molar-refractivity contribution in [2.45, 2.75) is 37.5 Å². The van der Waals surface area contributed by atoms with Crippen molar-refractivity contribution >= 4 is 15.7 Å². The number of rotatable bonds is 3. The molecule has 5 nitrogen and oxygen atoms in total. The predicted molar refractivity (Wildman–Crippen MR) is 91.1 cm³/mol. The predicted octanol–water partition coefficient (Wildman–Crippen LogP) is 1.83. The van der Waals surface area contributed by atoms with Crippen molar-refractivity contribution in [2.75, 3.05) is 5.75 Å². The molecule has 0 radical (unpaired) electrons. The van der Waals surface area contributed by atoms with Crippen molar-refractivity contribution in [2.24, 2.45) is 28.3 Å². The van der Waals surface area contributed by atoms with Crippen LogP contribution in [-0.2, 0) is 9.84 Å². The second-order valence-electron chi connectivity index (χ2n) is 6.82. The summed E-state index contributed by atoms with van der Waals surface area (Å²) in [4.78, 5) is 4.44. The van der Waals surface area contributed by atoms with Gasteiger partial charge in [0.1, 0.15) is 16.4 Å². The van der Waals surface area contributed by atoms with E-state index in [1.54, 1.807) is 13.8 Å². The Morgan fingerprint density at radius 2 is 2.04 bits per heavy atom. The molecule has 0 saturated carbocycles. The molecule has 0 fully saturated rings. The Morgan fingerprint density at radius 3 is 2.57 bits per heavy atom. The van der Waals surface area contributed by atoms with Crippen LogP contribution in [-0.4, -0.2) is 30.3 Å². The van der Waals surface area contributed by atoms with Gasteiger partial charge in [0.15, 0.2) is 9.84 Å². The lowest BCUT2D eigenvalue weighted by atomic mass is 9.74. The van der Waals surface area contributed by atoms with Crippen molar-refractivity contribution in [1.82, 2.24) is 0 Å². The maximum Gasteiger partial charge on any atom is 0.165 e. The van der Waals surface area contributed by atoms with E-state index in [2.05, 4.69) is 11.6 Å². The van der Waals surface area contributed by atoms with E-state index < -0.39 is 31.9 Å². The Balaban J connectivity index is 2.57. The zero-order valence-electron chi connectivity index (χ0n) is 13.7. The molecule has 2 aliphatic rings. The molecule has 4 atom stereocenters. The van der Waals surface area contributed by atoms with E-state index in [1.807, 2.05) is 0 Å². The zero-order valence-corrected chi connectivity index (χ0v) is 14.5. The summed E-state index contributed by atoms with van der Waals surface area (Å²) >= 11 is 0. The van der Waals surface area contributed by atoms with Gasteiger partial charge in [0.05, 0.1) is 11.3 Å². The van der Waals surface area contributed by atoms with E-state index in [0.29, 0.717) is 5.70 Å². The maximum atomic E-state index is 14.5. The number of hydrogen-bond acceptors (Lipinski definition) is 5. The molecule has 0 aromatic heterocycles. The van der Waals surface area contributed by atoms with Gasteiger partial charge in [0.25, 0.3) is 0 Å². The fourth-order valence-electron chi connectivity index (χ4n) is 3.49. The van der Waals surface area contributed by atoms with Crippen molar-refractivity contribution in [1.29, 1.82) is 0 Å². The minimum absolute atomic E-state index is 0.000672. The number of aliphatic imine (C=N–C) groups is 1. The first-order valence-electron chi connectivity index (χ1n) is 7.50. The maximum absolute atomic E-state index is 14.5. The van der Waals surface area contributed by atoms with Crippen molar-refractivity contribution < 1.29 is 12.8 Å².